The molecule has 1 aromatic carbocycles. The molecule has 0 saturated heterocycles. The number of amides is 1. The van der Waals surface area contributed by atoms with Crippen molar-refractivity contribution in [2.24, 2.45) is 0 Å². The van der Waals surface area contributed by atoms with Crippen molar-refractivity contribution in [3.05, 3.63) is 58.4 Å². The van der Waals surface area contributed by atoms with E-state index in [2.05, 4.69) is 4.98 Å². The van der Waals surface area contributed by atoms with Gasteiger partial charge in [-0.05, 0) is 30.0 Å². The summed E-state index contributed by atoms with van der Waals surface area (Å²) in [7, 11) is 0. The number of carbonyl (C=O) groups excluding carboxylic acids is 1. The third-order valence-electron chi connectivity index (χ3n) is 4.21. The van der Waals surface area contributed by atoms with E-state index in [-0.39, 0.29) is 5.92 Å². The highest BCUT2D eigenvalue weighted by Crippen LogP contribution is 2.39. The standard InChI is InChI=1S/C17H14ClF3N2O/c1-10-7-9-23(13-5-3-2-4-11(10)13)16(24)14-12(17(19,20)21)6-8-22-15(14)18/h2-6,8,10H,7,9H2,1H3. The van der Waals surface area contributed by atoms with E-state index in [1.54, 1.807) is 12.1 Å². The molecule has 1 aliphatic rings. The Balaban J connectivity index is 2.11. The van der Waals surface area contributed by atoms with Crippen LogP contribution in [0.1, 0.15) is 40.7 Å². The van der Waals surface area contributed by atoms with Crippen LogP contribution < -0.4 is 4.90 Å². The average Bonchev–Trinajstić information content (AvgIpc) is 2.54. The van der Waals surface area contributed by atoms with Gasteiger partial charge in [0, 0.05) is 18.4 Å². The second-order valence-electron chi connectivity index (χ2n) is 5.73. The maximum absolute atomic E-state index is 13.3. The van der Waals surface area contributed by atoms with Crippen LogP contribution in [0.3, 0.4) is 0 Å². The molecule has 126 valence electrons. The molecule has 0 bridgehead atoms. The lowest BCUT2D eigenvalue weighted by Crippen LogP contribution is -2.37. The van der Waals surface area contributed by atoms with Gasteiger partial charge in [0.25, 0.3) is 5.91 Å². The molecule has 3 rings (SSSR count). The summed E-state index contributed by atoms with van der Waals surface area (Å²) >= 11 is 5.85. The molecule has 1 aliphatic heterocycles. The van der Waals surface area contributed by atoms with Crippen molar-refractivity contribution >= 4 is 23.2 Å². The molecule has 1 atom stereocenters. The summed E-state index contributed by atoms with van der Waals surface area (Å²) in [5.74, 6) is -0.545. The zero-order chi connectivity index (χ0) is 17.5. The fourth-order valence-electron chi connectivity index (χ4n) is 2.97. The molecule has 2 aromatic rings. The number of rotatable bonds is 1. The minimum atomic E-state index is -4.68. The molecule has 0 aliphatic carbocycles. The predicted octanol–water partition coefficient (Wildman–Crippen LogP) is 4.91. The van der Waals surface area contributed by atoms with Gasteiger partial charge in [0.2, 0.25) is 0 Å². The summed E-state index contributed by atoms with van der Waals surface area (Å²) in [4.78, 5) is 17.9. The lowest BCUT2D eigenvalue weighted by molar-refractivity contribution is -0.138. The van der Waals surface area contributed by atoms with E-state index in [4.69, 9.17) is 11.6 Å². The van der Waals surface area contributed by atoms with Crippen LogP contribution in [0.4, 0.5) is 18.9 Å². The van der Waals surface area contributed by atoms with Gasteiger partial charge < -0.3 is 4.90 Å². The smallest absolute Gasteiger partial charge is 0.308 e. The molecule has 2 heterocycles. The van der Waals surface area contributed by atoms with Gasteiger partial charge in [0.15, 0.2) is 0 Å². The Morgan fingerprint density at radius 3 is 2.71 bits per heavy atom. The zero-order valence-corrected chi connectivity index (χ0v) is 13.5. The second kappa shape index (κ2) is 6.09. The zero-order valence-electron chi connectivity index (χ0n) is 12.8. The van der Waals surface area contributed by atoms with E-state index in [0.717, 1.165) is 17.8 Å². The number of anilines is 1. The van der Waals surface area contributed by atoms with Crippen molar-refractivity contribution in [1.82, 2.24) is 4.98 Å². The van der Waals surface area contributed by atoms with Crippen LogP contribution in [0.5, 0.6) is 0 Å². The van der Waals surface area contributed by atoms with Crippen molar-refractivity contribution in [2.75, 3.05) is 11.4 Å². The number of alkyl halides is 3. The Labute approximate surface area is 142 Å². The van der Waals surface area contributed by atoms with Gasteiger partial charge in [-0.3, -0.25) is 4.79 Å². The number of nitrogens with zero attached hydrogens (tertiary/aromatic N) is 2. The van der Waals surface area contributed by atoms with Crippen LogP contribution in [-0.2, 0) is 6.18 Å². The second-order valence-corrected chi connectivity index (χ2v) is 6.09. The number of hydrogen-bond donors (Lipinski definition) is 0. The fraction of sp³-hybridized carbons (Fsp3) is 0.294. The van der Waals surface area contributed by atoms with Gasteiger partial charge in [-0.1, -0.05) is 36.7 Å². The van der Waals surface area contributed by atoms with Crippen LogP contribution in [-0.4, -0.2) is 17.4 Å². The van der Waals surface area contributed by atoms with E-state index in [9.17, 15) is 18.0 Å². The van der Waals surface area contributed by atoms with Crippen molar-refractivity contribution in [3.8, 4) is 0 Å². The Morgan fingerprint density at radius 2 is 2.00 bits per heavy atom. The number of para-hydroxylation sites is 1. The molecule has 1 unspecified atom stereocenters. The van der Waals surface area contributed by atoms with Gasteiger partial charge in [0.1, 0.15) is 5.15 Å². The molecule has 0 fully saturated rings. The summed E-state index contributed by atoms with van der Waals surface area (Å²) in [6, 6.07) is 8.00. The maximum Gasteiger partial charge on any atom is 0.417 e. The Morgan fingerprint density at radius 1 is 1.29 bits per heavy atom. The van der Waals surface area contributed by atoms with E-state index < -0.39 is 28.4 Å². The number of aromatic nitrogens is 1. The summed E-state index contributed by atoms with van der Waals surface area (Å²) in [6.07, 6.45) is -3.06. The first kappa shape index (κ1) is 16.8. The predicted molar refractivity (Wildman–Crippen MR) is 85.4 cm³/mol. The topological polar surface area (TPSA) is 33.2 Å². The highest BCUT2D eigenvalue weighted by atomic mass is 35.5. The summed E-state index contributed by atoms with van der Waals surface area (Å²) in [5.41, 5.74) is -0.111. The van der Waals surface area contributed by atoms with Gasteiger partial charge in [-0.2, -0.15) is 13.2 Å². The normalized spacial score (nSPS) is 17.5. The molecule has 7 heteroatoms. The van der Waals surface area contributed by atoms with Crippen LogP contribution in [0.25, 0.3) is 0 Å². The van der Waals surface area contributed by atoms with Crippen LogP contribution in [0.15, 0.2) is 36.5 Å². The first-order valence-corrected chi connectivity index (χ1v) is 7.81. The summed E-state index contributed by atoms with van der Waals surface area (Å²) in [5, 5.41) is -0.439. The van der Waals surface area contributed by atoms with Gasteiger partial charge >= 0.3 is 6.18 Å². The fourth-order valence-corrected chi connectivity index (χ4v) is 3.21. The van der Waals surface area contributed by atoms with Crippen LogP contribution in [0.2, 0.25) is 5.15 Å². The van der Waals surface area contributed by atoms with Crippen LogP contribution >= 0.6 is 11.6 Å². The molecule has 24 heavy (non-hydrogen) atoms. The Kier molecular flexibility index (Phi) is 4.25. The molecule has 0 saturated carbocycles. The minimum Gasteiger partial charge on any atom is -0.308 e. The Bertz CT molecular complexity index is 792. The number of halogens is 4. The van der Waals surface area contributed by atoms with Gasteiger partial charge in [0.05, 0.1) is 11.1 Å². The third-order valence-corrected chi connectivity index (χ3v) is 4.50. The van der Waals surface area contributed by atoms with E-state index in [1.807, 2.05) is 19.1 Å². The average molecular weight is 355 g/mol. The number of benzene rings is 1. The number of fused-ring (bicyclic) bond motifs is 1. The van der Waals surface area contributed by atoms with E-state index in [0.29, 0.717) is 18.7 Å². The van der Waals surface area contributed by atoms with Crippen molar-refractivity contribution in [3.63, 3.8) is 0 Å². The third kappa shape index (κ3) is 2.86. The number of carbonyl (C=O) groups is 1. The summed E-state index contributed by atoms with van der Waals surface area (Å²) in [6.45, 7) is 2.36. The first-order valence-electron chi connectivity index (χ1n) is 7.43. The quantitative estimate of drug-likeness (QED) is 0.682. The molecular formula is C17H14ClF3N2O. The van der Waals surface area contributed by atoms with E-state index >= 15 is 0 Å². The Hall–Kier alpha value is -2.08. The lowest BCUT2D eigenvalue weighted by Gasteiger charge is -2.33. The largest absolute Gasteiger partial charge is 0.417 e. The molecule has 3 nitrogen and oxygen atoms in total. The first-order chi connectivity index (χ1) is 11.3. The number of hydrogen-bond acceptors (Lipinski definition) is 2. The lowest BCUT2D eigenvalue weighted by atomic mass is 9.91. The van der Waals surface area contributed by atoms with Crippen molar-refractivity contribution in [1.29, 1.82) is 0 Å². The van der Waals surface area contributed by atoms with Gasteiger partial charge in [-0.15, -0.1) is 0 Å². The van der Waals surface area contributed by atoms with Gasteiger partial charge in [-0.25, -0.2) is 4.98 Å². The molecular weight excluding hydrogens is 341 g/mol. The molecule has 0 spiro atoms. The SMILES string of the molecule is CC1CCN(C(=O)c2c(C(F)(F)F)ccnc2Cl)c2ccccc21. The molecule has 0 radical (unpaired) electrons. The maximum atomic E-state index is 13.3. The monoisotopic (exact) mass is 354 g/mol. The van der Waals surface area contributed by atoms with Crippen molar-refractivity contribution < 1.29 is 18.0 Å². The van der Waals surface area contributed by atoms with Crippen molar-refractivity contribution in [2.45, 2.75) is 25.4 Å². The highest BCUT2D eigenvalue weighted by Gasteiger charge is 2.39. The summed E-state index contributed by atoms with van der Waals surface area (Å²) < 4.78 is 39.8. The molecule has 0 N–H and O–H groups in total. The minimum absolute atomic E-state index is 0.233. The number of pyridine rings is 1. The highest BCUT2D eigenvalue weighted by molar-refractivity contribution is 6.33. The molecule has 1 aromatic heterocycles. The van der Waals surface area contributed by atoms with E-state index in [1.165, 1.54) is 4.90 Å². The molecule has 1 amide bonds. The van der Waals surface area contributed by atoms with Crippen LogP contribution in [0, 0.1) is 0 Å².